The molecular weight excluding hydrogens is 877 g/mol. The first kappa shape index (κ1) is 42.9. The zero-order chi connectivity index (χ0) is 48.1. The minimum absolute atomic E-state index is 0.616. The van der Waals surface area contributed by atoms with Crippen LogP contribution in [0.15, 0.2) is 235 Å². The first-order valence-electron chi connectivity index (χ1n) is 24.8. The predicted molar refractivity (Wildman–Crippen MR) is 298 cm³/mol. The quantitative estimate of drug-likeness (QED) is 0.137. The summed E-state index contributed by atoms with van der Waals surface area (Å²) in [4.78, 5) is 15.1. The fourth-order valence-corrected chi connectivity index (χ4v) is 10.8. The largest absolute Gasteiger partial charge is 0.455 e. The third-order valence-electron chi connectivity index (χ3n) is 14.1. The normalized spacial score (nSPS) is 11.6. The van der Waals surface area contributed by atoms with E-state index in [1.54, 1.807) is 0 Å². The SMILES string of the molecule is CCCc1ccc(-n2c3ccccc3c3cc(-c4ccccc4)ccc32)cc1-c1c(C)cccc1-c1cccc2c1oc1cccc(-c3cccc(-c4nc(-c5ccccc5)nc(-c5ccccc5)n4)c3)c12. The highest BCUT2D eigenvalue weighted by Gasteiger charge is 2.22. The molecule has 0 saturated carbocycles. The molecule has 5 heteroatoms. The Morgan fingerprint density at radius 1 is 0.403 bits per heavy atom. The molecule has 0 fully saturated rings. The Labute approximate surface area is 418 Å². The topological polar surface area (TPSA) is 56.7 Å². The van der Waals surface area contributed by atoms with E-state index in [0.29, 0.717) is 17.5 Å². The van der Waals surface area contributed by atoms with E-state index in [2.05, 4.69) is 188 Å². The standard InChI is InChI=1S/C67H48N4O/c1-3-19-45-36-38-51(71-59-34-14-13-29-53(59)58-41-48(37-39-60(58)71)44-21-7-4-8-22-44)42-57(45)62-43(2)20-15-31-54(62)55-32-17-33-56-63-52(30-18-35-61(63)72-64(55)56)49-27-16-28-50(40-49)67-69-65(46-23-9-5-10-24-46)68-66(70-67)47-25-11-6-12-26-47/h4-18,20-42H,3,19H2,1-2H3. The van der Waals surface area contributed by atoms with Crippen molar-refractivity contribution in [2.24, 2.45) is 0 Å². The summed E-state index contributed by atoms with van der Waals surface area (Å²) in [5.41, 5.74) is 19.8. The average molecular weight is 925 g/mol. The first-order valence-corrected chi connectivity index (χ1v) is 24.8. The average Bonchev–Trinajstić information content (AvgIpc) is 4.00. The van der Waals surface area contributed by atoms with E-state index >= 15 is 0 Å². The molecule has 0 saturated heterocycles. The number of aryl methyl sites for hydroxylation is 2. The minimum atomic E-state index is 0.616. The Hall–Kier alpha value is -9.19. The Bertz CT molecular complexity index is 4110. The molecule has 0 aliphatic heterocycles. The molecule has 0 bridgehead atoms. The van der Waals surface area contributed by atoms with Crippen LogP contribution in [-0.2, 0) is 6.42 Å². The van der Waals surface area contributed by atoms with E-state index in [1.807, 2.05) is 60.7 Å². The number of furan rings is 1. The van der Waals surface area contributed by atoms with E-state index in [9.17, 15) is 0 Å². The second kappa shape index (κ2) is 18.0. The van der Waals surface area contributed by atoms with Crippen molar-refractivity contribution in [2.75, 3.05) is 0 Å². The van der Waals surface area contributed by atoms with Crippen LogP contribution < -0.4 is 0 Å². The van der Waals surface area contributed by atoms with Crippen molar-refractivity contribution in [3.63, 3.8) is 0 Å². The molecule has 0 atom stereocenters. The number of benzene rings is 10. The third-order valence-corrected chi connectivity index (χ3v) is 14.1. The van der Waals surface area contributed by atoms with Crippen LogP contribution in [0.4, 0.5) is 0 Å². The summed E-state index contributed by atoms with van der Waals surface area (Å²) in [5.74, 6) is 1.88. The molecule has 10 aromatic carbocycles. The van der Waals surface area contributed by atoms with Gasteiger partial charge >= 0.3 is 0 Å². The van der Waals surface area contributed by atoms with Crippen molar-refractivity contribution in [3.05, 3.63) is 242 Å². The van der Waals surface area contributed by atoms with E-state index in [-0.39, 0.29) is 0 Å². The summed E-state index contributed by atoms with van der Waals surface area (Å²) in [6.45, 7) is 4.51. The maximum atomic E-state index is 7.04. The van der Waals surface area contributed by atoms with Crippen molar-refractivity contribution < 1.29 is 4.42 Å². The van der Waals surface area contributed by atoms with Crippen molar-refractivity contribution in [3.8, 4) is 84.4 Å². The highest BCUT2D eigenvalue weighted by Crippen LogP contribution is 2.46. The second-order valence-electron chi connectivity index (χ2n) is 18.6. The Morgan fingerprint density at radius 2 is 0.986 bits per heavy atom. The van der Waals surface area contributed by atoms with E-state index in [4.69, 9.17) is 19.4 Å². The zero-order valence-electron chi connectivity index (χ0n) is 40.1. The maximum absolute atomic E-state index is 7.04. The van der Waals surface area contributed by atoms with Crippen LogP contribution in [0, 0.1) is 6.92 Å². The van der Waals surface area contributed by atoms with Crippen LogP contribution in [0.25, 0.3) is 128 Å². The Morgan fingerprint density at radius 3 is 1.74 bits per heavy atom. The van der Waals surface area contributed by atoms with E-state index < -0.39 is 0 Å². The molecule has 3 heterocycles. The highest BCUT2D eigenvalue weighted by atomic mass is 16.3. The van der Waals surface area contributed by atoms with Crippen LogP contribution >= 0.6 is 0 Å². The van der Waals surface area contributed by atoms with Crippen molar-refractivity contribution >= 4 is 43.7 Å². The molecular formula is C67H48N4O. The smallest absolute Gasteiger partial charge is 0.164 e. The number of para-hydroxylation sites is 2. The molecule has 72 heavy (non-hydrogen) atoms. The molecule has 5 nitrogen and oxygen atoms in total. The summed E-state index contributed by atoms with van der Waals surface area (Å²) >= 11 is 0. The van der Waals surface area contributed by atoms with Gasteiger partial charge in [0.25, 0.3) is 0 Å². The van der Waals surface area contributed by atoms with Gasteiger partial charge in [-0.2, -0.15) is 0 Å². The van der Waals surface area contributed by atoms with Gasteiger partial charge in [-0.15, -0.1) is 0 Å². The number of rotatable bonds is 10. The number of hydrogen-bond donors (Lipinski definition) is 0. The van der Waals surface area contributed by atoms with Crippen molar-refractivity contribution in [1.29, 1.82) is 0 Å². The molecule has 13 rings (SSSR count). The van der Waals surface area contributed by atoms with Crippen LogP contribution in [0.5, 0.6) is 0 Å². The summed E-state index contributed by atoms with van der Waals surface area (Å²) in [5, 5.41) is 4.62. The highest BCUT2D eigenvalue weighted by molar-refractivity contribution is 6.16. The number of nitrogens with zero attached hydrogens (tertiary/aromatic N) is 4. The van der Waals surface area contributed by atoms with Gasteiger partial charge in [0.15, 0.2) is 17.5 Å². The molecule has 0 unspecified atom stereocenters. The Balaban J connectivity index is 0.946. The molecule has 0 spiro atoms. The lowest BCUT2D eigenvalue weighted by molar-refractivity contribution is 0.670. The van der Waals surface area contributed by atoms with Gasteiger partial charge < -0.3 is 8.98 Å². The minimum Gasteiger partial charge on any atom is -0.455 e. The van der Waals surface area contributed by atoms with Crippen molar-refractivity contribution in [2.45, 2.75) is 26.7 Å². The van der Waals surface area contributed by atoms with Gasteiger partial charge in [0.2, 0.25) is 0 Å². The molecule has 13 aromatic rings. The lowest BCUT2D eigenvalue weighted by Crippen LogP contribution is -2.00. The lowest BCUT2D eigenvalue weighted by Gasteiger charge is -2.19. The summed E-state index contributed by atoms with van der Waals surface area (Å²) < 4.78 is 9.48. The molecule has 0 N–H and O–H groups in total. The van der Waals surface area contributed by atoms with Gasteiger partial charge in [-0.1, -0.05) is 201 Å². The van der Waals surface area contributed by atoms with Gasteiger partial charge in [0, 0.05) is 49.5 Å². The van der Waals surface area contributed by atoms with Crippen LogP contribution in [0.3, 0.4) is 0 Å². The summed E-state index contributed by atoms with van der Waals surface area (Å²) in [7, 11) is 0. The molecule has 0 amide bonds. The van der Waals surface area contributed by atoms with E-state index in [1.165, 1.54) is 55.2 Å². The Kier molecular flexibility index (Phi) is 10.7. The van der Waals surface area contributed by atoms with Crippen LogP contribution in [-0.4, -0.2) is 19.5 Å². The van der Waals surface area contributed by atoms with Crippen LogP contribution in [0.2, 0.25) is 0 Å². The summed E-state index contributed by atoms with van der Waals surface area (Å²) in [6, 6.07) is 81.9. The van der Waals surface area contributed by atoms with Crippen molar-refractivity contribution in [1.82, 2.24) is 19.5 Å². The fraction of sp³-hybridized carbons (Fsp3) is 0.0597. The van der Waals surface area contributed by atoms with E-state index in [0.717, 1.165) is 79.4 Å². The fourth-order valence-electron chi connectivity index (χ4n) is 10.8. The first-order chi connectivity index (χ1) is 35.6. The monoisotopic (exact) mass is 924 g/mol. The molecule has 0 radical (unpaired) electrons. The summed E-state index contributed by atoms with van der Waals surface area (Å²) in [6.07, 6.45) is 1.99. The second-order valence-corrected chi connectivity index (χ2v) is 18.6. The third kappa shape index (κ3) is 7.46. The predicted octanol–water partition coefficient (Wildman–Crippen LogP) is 17.8. The van der Waals surface area contributed by atoms with Gasteiger partial charge in [0.1, 0.15) is 11.2 Å². The van der Waals surface area contributed by atoms with Crippen LogP contribution in [0.1, 0.15) is 24.5 Å². The maximum Gasteiger partial charge on any atom is 0.164 e. The lowest BCUT2D eigenvalue weighted by atomic mass is 9.86. The molecule has 0 aliphatic rings. The number of fused-ring (bicyclic) bond motifs is 6. The molecule has 3 aromatic heterocycles. The number of hydrogen-bond acceptors (Lipinski definition) is 4. The van der Waals surface area contributed by atoms with Gasteiger partial charge in [0.05, 0.1) is 11.0 Å². The van der Waals surface area contributed by atoms with Gasteiger partial charge in [-0.05, 0) is 106 Å². The molecule has 342 valence electrons. The van der Waals surface area contributed by atoms with Gasteiger partial charge in [-0.3, -0.25) is 0 Å². The van der Waals surface area contributed by atoms with Gasteiger partial charge in [-0.25, -0.2) is 15.0 Å². The number of aromatic nitrogens is 4. The molecule has 0 aliphatic carbocycles. The zero-order valence-corrected chi connectivity index (χ0v) is 40.1.